The van der Waals surface area contributed by atoms with E-state index in [1.165, 1.54) is 17.2 Å². The molecule has 0 amide bonds. The van der Waals surface area contributed by atoms with Crippen LogP contribution in [0.2, 0.25) is 5.02 Å². The van der Waals surface area contributed by atoms with Crippen molar-refractivity contribution in [2.24, 2.45) is 0 Å². The van der Waals surface area contributed by atoms with Crippen molar-refractivity contribution < 1.29 is 0 Å². The minimum atomic E-state index is -0.568. The van der Waals surface area contributed by atoms with Crippen LogP contribution in [0.25, 0.3) is 16.9 Å². The molecule has 1 aliphatic carbocycles. The van der Waals surface area contributed by atoms with E-state index in [0.717, 1.165) is 17.7 Å². The van der Waals surface area contributed by atoms with Gasteiger partial charge in [-0.25, -0.2) is 9.78 Å². The minimum Gasteiger partial charge on any atom is -0.313 e. The highest BCUT2D eigenvalue weighted by Crippen LogP contribution is 2.55. The van der Waals surface area contributed by atoms with E-state index in [-0.39, 0.29) is 17.4 Å². The molecule has 27 heavy (non-hydrogen) atoms. The van der Waals surface area contributed by atoms with Gasteiger partial charge in [-0.3, -0.25) is 14.8 Å². The van der Waals surface area contributed by atoms with Gasteiger partial charge in [-0.05, 0) is 30.5 Å². The zero-order valence-corrected chi connectivity index (χ0v) is 14.5. The molecular weight excluding hydrogens is 370 g/mol. The maximum Gasteiger partial charge on any atom is 0.325 e. The van der Waals surface area contributed by atoms with Gasteiger partial charge in [0.15, 0.2) is 5.65 Å². The van der Waals surface area contributed by atoms with Crippen LogP contribution in [-0.4, -0.2) is 34.8 Å². The second-order valence-electron chi connectivity index (χ2n) is 6.39. The standard InChI is InChI=1S/C17H12ClN7O2/c18-8-1-2-13(19-5-8)10-3-9(10)11-4-14(24-25-15(11)21-7-22-25)12-6-20-17(27)23-16(12)26/h1-2,4-7,9-10H,3H2,(H2,20,23,26,27)/t9-,10-/m0/s1. The van der Waals surface area contributed by atoms with Crippen LogP contribution in [0.4, 0.5) is 0 Å². The van der Waals surface area contributed by atoms with E-state index in [1.54, 1.807) is 6.20 Å². The molecule has 10 heteroatoms. The third-order valence-electron chi connectivity index (χ3n) is 4.70. The smallest absolute Gasteiger partial charge is 0.313 e. The van der Waals surface area contributed by atoms with E-state index >= 15 is 0 Å². The summed E-state index contributed by atoms with van der Waals surface area (Å²) < 4.78 is 1.40. The Labute approximate surface area is 156 Å². The predicted molar refractivity (Wildman–Crippen MR) is 96.8 cm³/mol. The fourth-order valence-electron chi connectivity index (χ4n) is 3.32. The lowest BCUT2D eigenvalue weighted by Crippen LogP contribution is -2.23. The zero-order chi connectivity index (χ0) is 18.5. The van der Waals surface area contributed by atoms with Crippen molar-refractivity contribution in [1.82, 2.24) is 34.8 Å². The van der Waals surface area contributed by atoms with Crippen molar-refractivity contribution in [3.63, 3.8) is 0 Å². The number of nitrogens with zero attached hydrogens (tertiary/aromatic N) is 5. The molecule has 0 saturated heterocycles. The van der Waals surface area contributed by atoms with Crippen molar-refractivity contribution in [2.45, 2.75) is 18.3 Å². The van der Waals surface area contributed by atoms with Crippen LogP contribution in [-0.2, 0) is 0 Å². The van der Waals surface area contributed by atoms with Crippen LogP contribution in [0.3, 0.4) is 0 Å². The third-order valence-corrected chi connectivity index (χ3v) is 4.92. The first kappa shape index (κ1) is 15.9. The van der Waals surface area contributed by atoms with Gasteiger partial charge in [0, 0.05) is 29.6 Å². The summed E-state index contributed by atoms with van der Waals surface area (Å²) in [5.41, 5.74) is 2.13. The lowest BCUT2D eigenvalue weighted by atomic mass is 10.1. The molecule has 4 heterocycles. The maximum atomic E-state index is 12.1. The Balaban J connectivity index is 1.60. The van der Waals surface area contributed by atoms with Crippen molar-refractivity contribution in [2.75, 3.05) is 0 Å². The van der Waals surface area contributed by atoms with Crippen LogP contribution in [0.5, 0.6) is 0 Å². The van der Waals surface area contributed by atoms with Crippen LogP contribution in [0.1, 0.15) is 29.5 Å². The predicted octanol–water partition coefficient (Wildman–Crippen LogP) is 1.49. The molecule has 9 nitrogen and oxygen atoms in total. The Bertz CT molecular complexity index is 1270. The summed E-state index contributed by atoms with van der Waals surface area (Å²) in [5, 5.41) is 9.05. The van der Waals surface area contributed by atoms with Gasteiger partial charge in [-0.1, -0.05) is 11.6 Å². The highest BCUT2D eigenvalue weighted by atomic mass is 35.5. The van der Waals surface area contributed by atoms with Crippen LogP contribution in [0.15, 0.2) is 46.5 Å². The van der Waals surface area contributed by atoms with Crippen molar-refractivity contribution in [1.29, 1.82) is 0 Å². The molecule has 0 aromatic carbocycles. The van der Waals surface area contributed by atoms with Crippen molar-refractivity contribution >= 4 is 17.2 Å². The number of aromatic amines is 2. The monoisotopic (exact) mass is 381 g/mol. The Hall–Kier alpha value is -3.33. The number of H-pyrrole nitrogens is 2. The average Bonchev–Trinajstić information content (AvgIpc) is 3.30. The van der Waals surface area contributed by atoms with Gasteiger partial charge in [0.1, 0.15) is 12.0 Å². The molecular formula is C17H12ClN7O2. The molecule has 0 radical (unpaired) electrons. The Morgan fingerprint density at radius 1 is 1.19 bits per heavy atom. The fourth-order valence-corrected chi connectivity index (χ4v) is 3.43. The second kappa shape index (κ2) is 5.85. The summed E-state index contributed by atoms with van der Waals surface area (Å²) in [5.74, 6) is 0.431. The van der Waals surface area contributed by atoms with Gasteiger partial charge in [0.25, 0.3) is 5.56 Å². The van der Waals surface area contributed by atoms with E-state index in [2.05, 4.69) is 30.1 Å². The zero-order valence-electron chi connectivity index (χ0n) is 13.8. The summed E-state index contributed by atoms with van der Waals surface area (Å²) in [7, 11) is 0. The lowest BCUT2D eigenvalue weighted by molar-refractivity contribution is 0.792. The number of aromatic nitrogens is 7. The SMILES string of the molecule is O=c1[nH]cc(-c2cc([C@H]3C[C@@H]3c3ccc(Cl)cn3)c3ncnn3n2)c(=O)[nH]1. The van der Waals surface area contributed by atoms with E-state index < -0.39 is 11.2 Å². The molecule has 4 aromatic heterocycles. The number of hydrogen-bond donors (Lipinski definition) is 2. The third kappa shape index (κ3) is 2.72. The number of rotatable bonds is 3. The van der Waals surface area contributed by atoms with Gasteiger partial charge < -0.3 is 4.98 Å². The number of hydrogen-bond acceptors (Lipinski definition) is 6. The van der Waals surface area contributed by atoms with Crippen LogP contribution >= 0.6 is 11.6 Å². The summed E-state index contributed by atoms with van der Waals surface area (Å²) in [6.45, 7) is 0. The molecule has 134 valence electrons. The molecule has 0 spiro atoms. The van der Waals surface area contributed by atoms with Crippen LogP contribution in [0, 0.1) is 0 Å². The Morgan fingerprint density at radius 2 is 2.07 bits per heavy atom. The maximum absolute atomic E-state index is 12.1. The van der Waals surface area contributed by atoms with Gasteiger partial charge in [0.2, 0.25) is 0 Å². The Kier molecular flexibility index (Phi) is 3.44. The van der Waals surface area contributed by atoms with Gasteiger partial charge >= 0.3 is 5.69 Å². The van der Waals surface area contributed by atoms with Gasteiger partial charge in [-0.15, -0.1) is 14.8 Å². The lowest BCUT2D eigenvalue weighted by Gasteiger charge is -2.06. The minimum absolute atomic E-state index is 0.189. The molecule has 1 aliphatic rings. The molecule has 5 rings (SSSR count). The van der Waals surface area contributed by atoms with Crippen LogP contribution < -0.4 is 11.2 Å². The van der Waals surface area contributed by atoms with Gasteiger partial charge in [-0.2, -0.15) is 0 Å². The van der Waals surface area contributed by atoms with Crippen molar-refractivity contribution in [3.05, 3.63) is 74.0 Å². The summed E-state index contributed by atoms with van der Waals surface area (Å²) >= 11 is 5.92. The van der Waals surface area contributed by atoms with E-state index in [4.69, 9.17) is 11.6 Å². The Morgan fingerprint density at radius 3 is 2.85 bits per heavy atom. The molecule has 0 aliphatic heterocycles. The number of halogens is 1. The molecule has 1 saturated carbocycles. The molecule has 0 unspecified atom stereocenters. The first-order chi connectivity index (χ1) is 13.1. The molecule has 4 aromatic rings. The molecule has 0 bridgehead atoms. The highest BCUT2D eigenvalue weighted by molar-refractivity contribution is 6.30. The normalized spacial score (nSPS) is 18.7. The second-order valence-corrected chi connectivity index (χ2v) is 6.83. The molecule has 2 N–H and O–H groups in total. The molecule has 1 fully saturated rings. The first-order valence-electron chi connectivity index (χ1n) is 8.25. The molecule has 2 atom stereocenters. The van der Waals surface area contributed by atoms with E-state index in [9.17, 15) is 9.59 Å². The number of pyridine rings is 1. The number of nitrogens with one attached hydrogen (secondary N) is 2. The fraction of sp³-hybridized carbons (Fsp3) is 0.176. The van der Waals surface area contributed by atoms with E-state index in [0.29, 0.717) is 16.4 Å². The first-order valence-corrected chi connectivity index (χ1v) is 8.63. The average molecular weight is 382 g/mol. The van der Waals surface area contributed by atoms with Crippen molar-refractivity contribution in [3.8, 4) is 11.3 Å². The summed E-state index contributed by atoms with van der Waals surface area (Å²) in [4.78, 5) is 36.8. The van der Waals surface area contributed by atoms with Gasteiger partial charge in [0.05, 0.1) is 10.6 Å². The quantitative estimate of drug-likeness (QED) is 0.554. The summed E-state index contributed by atoms with van der Waals surface area (Å²) in [6.07, 6.45) is 5.31. The summed E-state index contributed by atoms with van der Waals surface area (Å²) in [6, 6.07) is 5.57. The number of fused-ring (bicyclic) bond motifs is 1. The topological polar surface area (TPSA) is 122 Å². The highest BCUT2D eigenvalue weighted by Gasteiger charge is 2.42. The van der Waals surface area contributed by atoms with E-state index in [1.807, 2.05) is 18.2 Å². The largest absolute Gasteiger partial charge is 0.325 e.